The molecular weight excluding hydrogens is 238 g/mol. The summed E-state index contributed by atoms with van der Waals surface area (Å²) >= 11 is 0. The summed E-state index contributed by atoms with van der Waals surface area (Å²) in [5.74, 6) is 0. The van der Waals surface area contributed by atoms with Gasteiger partial charge in [0, 0.05) is 19.3 Å². The first kappa shape index (κ1) is 15.9. The molecule has 0 aromatic carbocycles. The highest BCUT2D eigenvalue weighted by Gasteiger charge is 2.07. The molecule has 1 N–H and O–H groups in total. The van der Waals surface area contributed by atoms with E-state index in [4.69, 9.17) is 4.74 Å². The van der Waals surface area contributed by atoms with E-state index in [1.165, 1.54) is 0 Å². The maximum atomic E-state index is 5.43. The summed E-state index contributed by atoms with van der Waals surface area (Å²) in [6, 6.07) is 2.61. The Labute approximate surface area is 116 Å². The van der Waals surface area contributed by atoms with Crippen molar-refractivity contribution in [2.75, 3.05) is 19.8 Å². The fourth-order valence-corrected chi connectivity index (χ4v) is 1.97. The standard InChI is InChI=1S/C15H27N3O/c1-4-7-11-19-12-9-16-13-14-8-10-18(17-14)15(5-2)6-3/h4,8,10,15-16H,1,5-7,9,11-13H2,2-3H3. The predicted molar refractivity (Wildman–Crippen MR) is 79.2 cm³/mol. The van der Waals surface area contributed by atoms with Crippen molar-refractivity contribution < 1.29 is 4.74 Å². The van der Waals surface area contributed by atoms with Gasteiger partial charge in [-0.05, 0) is 25.3 Å². The van der Waals surface area contributed by atoms with Crippen LogP contribution in [0.3, 0.4) is 0 Å². The summed E-state index contributed by atoms with van der Waals surface area (Å²) in [6.45, 7) is 11.2. The molecule has 0 spiro atoms. The van der Waals surface area contributed by atoms with Crippen LogP contribution >= 0.6 is 0 Å². The van der Waals surface area contributed by atoms with E-state index < -0.39 is 0 Å². The molecule has 1 heterocycles. The number of rotatable bonds is 11. The van der Waals surface area contributed by atoms with Crippen molar-refractivity contribution in [1.82, 2.24) is 15.1 Å². The zero-order chi connectivity index (χ0) is 13.9. The second-order valence-corrected chi connectivity index (χ2v) is 4.62. The van der Waals surface area contributed by atoms with E-state index >= 15 is 0 Å². The van der Waals surface area contributed by atoms with Gasteiger partial charge < -0.3 is 10.1 Å². The van der Waals surface area contributed by atoms with Crippen LogP contribution in [0.25, 0.3) is 0 Å². The third-order valence-corrected chi connectivity index (χ3v) is 3.18. The quantitative estimate of drug-likeness (QED) is 0.494. The zero-order valence-electron chi connectivity index (χ0n) is 12.3. The van der Waals surface area contributed by atoms with Gasteiger partial charge in [-0.3, -0.25) is 4.68 Å². The molecule has 0 saturated carbocycles. The summed E-state index contributed by atoms with van der Waals surface area (Å²) < 4.78 is 7.51. The molecule has 0 aliphatic heterocycles. The van der Waals surface area contributed by atoms with E-state index in [9.17, 15) is 0 Å². The topological polar surface area (TPSA) is 39.1 Å². The minimum absolute atomic E-state index is 0.524. The third-order valence-electron chi connectivity index (χ3n) is 3.18. The highest BCUT2D eigenvalue weighted by Crippen LogP contribution is 2.14. The molecule has 0 fully saturated rings. The first-order chi connectivity index (χ1) is 9.31. The second kappa shape index (κ2) is 9.75. The van der Waals surface area contributed by atoms with Gasteiger partial charge in [0.1, 0.15) is 0 Å². The van der Waals surface area contributed by atoms with Crippen LogP contribution in [0.15, 0.2) is 24.9 Å². The first-order valence-electron chi connectivity index (χ1n) is 7.25. The lowest BCUT2D eigenvalue weighted by atomic mass is 10.2. The molecule has 0 saturated heterocycles. The summed E-state index contributed by atoms with van der Waals surface area (Å²) in [5, 5.41) is 7.94. The van der Waals surface area contributed by atoms with E-state index in [1.54, 1.807) is 0 Å². The average Bonchev–Trinajstić information content (AvgIpc) is 2.88. The highest BCUT2D eigenvalue weighted by molar-refractivity contribution is 4.99. The Hall–Kier alpha value is -1.13. The van der Waals surface area contributed by atoms with E-state index in [0.717, 1.165) is 51.3 Å². The van der Waals surface area contributed by atoms with Crippen molar-refractivity contribution in [2.24, 2.45) is 0 Å². The van der Waals surface area contributed by atoms with Gasteiger partial charge >= 0.3 is 0 Å². The van der Waals surface area contributed by atoms with Gasteiger partial charge in [-0.2, -0.15) is 5.10 Å². The van der Waals surface area contributed by atoms with Gasteiger partial charge in [0.15, 0.2) is 0 Å². The number of nitrogens with one attached hydrogen (secondary N) is 1. The summed E-state index contributed by atoms with van der Waals surface area (Å²) in [5.41, 5.74) is 1.10. The van der Waals surface area contributed by atoms with E-state index in [2.05, 4.69) is 47.8 Å². The minimum Gasteiger partial charge on any atom is -0.380 e. The normalized spacial score (nSPS) is 11.1. The monoisotopic (exact) mass is 265 g/mol. The molecule has 4 heteroatoms. The van der Waals surface area contributed by atoms with Crippen molar-refractivity contribution in [2.45, 2.75) is 45.7 Å². The van der Waals surface area contributed by atoms with Crippen molar-refractivity contribution in [1.29, 1.82) is 0 Å². The molecule has 1 rings (SSSR count). The predicted octanol–water partition coefficient (Wildman–Crippen LogP) is 2.93. The molecule has 1 aromatic rings. The summed E-state index contributed by atoms with van der Waals surface area (Å²) in [4.78, 5) is 0. The second-order valence-electron chi connectivity index (χ2n) is 4.62. The Kier molecular flexibility index (Phi) is 8.18. The molecule has 0 aliphatic carbocycles. The first-order valence-corrected chi connectivity index (χ1v) is 7.25. The van der Waals surface area contributed by atoms with Crippen molar-refractivity contribution in [3.63, 3.8) is 0 Å². The summed E-state index contributed by atoms with van der Waals surface area (Å²) in [7, 11) is 0. The molecule has 0 atom stereocenters. The molecule has 0 aliphatic rings. The number of nitrogens with zero attached hydrogens (tertiary/aromatic N) is 2. The van der Waals surface area contributed by atoms with Crippen molar-refractivity contribution in [3.05, 3.63) is 30.6 Å². The molecule has 1 aromatic heterocycles. The number of aromatic nitrogens is 2. The maximum Gasteiger partial charge on any atom is 0.0762 e. The Balaban J connectivity index is 2.17. The average molecular weight is 265 g/mol. The smallest absolute Gasteiger partial charge is 0.0762 e. The molecule has 19 heavy (non-hydrogen) atoms. The van der Waals surface area contributed by atoms with Crippen LogP contribution in [0.5, 0.6) is 0 Å². The molecular formula is C15H27N3O. The molecule has 4 nitrogen and oxygen atoms in total. The lowest BCUT2D eigenvalue weighted by molar-refractivity contribution is 0.140. The summed E-state index contributed by atoms with van der Waals surface area (Å²) in [6.07, 6.45) is 7.12. The van der Waals surface area contributed by atoms with Gasteiger partial charge in [0.2, 0.25) is 0 Å². The maximum absolute atomic E-state index is 5.43. The fraction of sp³-hybridized carbons (Fsp3) is 0.667. The Morgan fingerprint density at radius 3 is 2.89 bits per heavy atom. The lowest BCUT2D eigenvalue weighted by Gasteiger charge is -2.12. The van der Waals surface area contributed by atoms with Crippen LogP contribution in [0.4, 0.5) is 0 Å². The van der Waals surface area contributed by atoms with Crippen LogP contribution < -0.4 is 5.32 Å². The van der Waals surface area contributed by atoms with Crippen LogP contribution in [0, 0.1) is 0 Å². The molecule has 108 valence electrons. The van der Waals surface area contributed by atoms with Gasteiger partial charge in [-0.1, -0.05) is 19.9 Å². The molecule has 0 bridgehead atoms. The van der Waals surface area contributed by atoms with Crippen molar-refractivity contribution >= 4 is 0 Å². The third kappa shape index (κ3) is 6.03. The van der Waals surface area contributed by atoms with Crippen LogP contribution in [0.1, 0.15) is 44.8 Å². The van der Waals surface area contributed by atoms with Crippen LogP contribution in [0.2, 0.25) is 0 Å². The van der Waals surface area contributed by atoms with Crippen molar-refractivity contribution in [3.8, 4) is 0 Å². The van der Waals surface area contributed by atoms with Gasteiger partial charge in [-0.25, -0.2) is 0 Å². The van der Waals surface area contributed by atoms with E-state index in [-0.39, 0.29) is 0 Å². The Bertz CT molecular complexity index is 345. The molecule has 0 unspecified atom stereocenters. The van der Waals surface area contributed by atoms with Crippen LogP contribution in [-0.4, -0.2) is 29.5 Å². The highest BCUT2D eigenvalue weighted by atomic mass is 16.5. The minimum atomic E-state index is 0.524. The van der Waals surface area contributed by atoms with Crippen LogP contribution in [-0.2, 0) is 11.3 Å². The Morgan fingerprint density at radius 2 is 2.21 bits per heavy atom. The van der Waals surface area contributed by atoms with Gasteiger partial charge in [0.05, 0.1) is 24.9 Å². The van der Waals surface area contributed by atoms with Gasteiger partial charge in [0.25, 0.3) is 0 Å². The zero-order valence-corrected chi connectivity index (χ0v) is 12.3. The lowest BCUT2D eigenvalue weighted by Crippen LogP contribution is -2.20. The van der Waals surface area contributed by atoms with E-state index in [0.29, 0.717) is 6.04 Å². The number of hydrogen-bond donors (Lipinski definition) is 1. The number of ether oxygens (including phenoxy) is 1. The molecule has 0 radical (unpaired) electrons. The Morgan fingerprint density at radius 1 is 1.42 bits per heavy atom. The largest absolute Gasteiger partial charge is 0.380 e. The van der Waals surface area contributed by atoms with Gasteiger partial charge in [-0.15, -0.1) is 6.58 Å². The molecule has 0 amide bonds. The number of hydrogen-bond acceptors (Lipinski definition) is 3. The SMILES string of the molecule is C=CCCOCCNCc1ccn(C(CC)CC)n1. The van der Waals surface area contributed by atoms with E-state index in [1.807, 2.05) is 6.08 Å². The fourth-order valence-electron chi connectivity index (χ4n) is 1.97.